The quantitative estimate of drug-likeness (QED) is 0.449. The lowest BCUT2D eigenvalue weighted by atomic mass is 10.1. The maximum absolute atomic E-state index is 13.6. The monoisotopic (exact) mass is 503 g/mol. The van der Waals surface area contributed by atoms with E-state index in [4.69, 9.17) is 5.10 Å². The molecule has 3 aromatic heterocycles. The Bertz CT molecular complexity index is 1400. The van der Waals surface area contributed by atoms with E-state index < -0.39 is 0 Å². The Balaban J connectivity index is 1.39. The smallest absolute Gasteiger partial charge is 0.276 e. The van der Waals surface area contributed by atoms with Gasteiger partial charge in [-0.3, -0.25) is 14.9 Å². The average molecular weight is 504 g/mol. The first-order chi connectivity index (χ1) is 17.2. The zero-order valence-corrected chi connectivity index (χ0v) is 21.7. The molecular formula is C26H29N7O2S. The number of fused-ring (bicyclic) bond motifs is 1. The van der Waals surface area contributed by atoms with E-state index in [2.05, 4.69) is 20.2 Å². The highest BCUT2D eigenvalue weighted by Gasteiger charge is 2.31. The van der Waals surface area contributed by atoms with Crippen molar-refractivity contribution < 1.29 is 9.59 Å². The summed E-state index contributed by atoms with van der Waals surface area (Å²) in [6.45, 7) is 10.6. The largest absolute Gasteiger partial charge is 0.353 e. The number of nitrogens with one attached hydrogen (secondary N) is 1. The number of hydrogen-bond acceptors (Lipinski definition) is 7. The fraction of sp³-hybridized carbons (Fsp3) is 0.346. The van der Waals surface area contributed by atoms with Gasteiger partial charge >= 0.3 is 0 Å². The van der Waals surface area contributed by atoms with E-state index in [0.717, 1.165) is 11.4 Å². The van der Waals surface area contributed by atoms with Crippen LogP contribution in [0.5, 0.6) is 0 Å². The minimum Gasteiger partial charge on any atom is -0.353 e. The molecule has 9 nitrogen and oxygen atoms in total. The minimum atomic E-state index is -0.388. The summed E-state index contributed by atoms with van der Waals surface area (Å²) < 4.78 is 2.46. The van der Waals surface area contributed by atoms with E-state index in [1.807, 2.05) is 62.9 Å². The third-order valence-electron chi connectivity index (χ3n) is 6.14. The van der Waals surface area contributed by atoms with Gasteiger partial charge in [0, 0.05) is 37.9 Å². The van der Waals surface area contributed by atoms with Crippen molar-refractivity contribution in [3.8, 4) is 0 Å². The first-order valence-electron chi connectivity index (χ1n) is 11.9. The molecule has 0 spiro atoms. The molecule has 1 aliphatic rings. The van der Waals surface area contributed by atoms with E-state index in [1.54, 1.807) is 23.0 Å². The molecule has 1 fully saturated rings. The summed E-state index contributed by atoms with van der Waals surface area (Å²) in [4.78, 5) is 39.5. The van der Waals surface area contributed by atoms with Gasteiger partial charge in [0.15, 0.2) is 16.5 Å². The van der Waals surface area contributed by atoms with Crippen molar-refractivity contribution in [1.29, 1.82) is 0 Å². The molecule has 1 saturated heterocycles. The number of nitrogens with zero attached hydrogens (tertiary/aromatic N) is 6. The number of benzene rings is 1. The number of carbonyl (C=O) groups excluding carboxylic acids is 2. The van der Waals surface area contributed by atoms with Gasteiger partial charge in [-0.25, -0.2) is 9.67 Å². The molecule has 1 aromatic carbocycles. The van der Waals surface area contributed by atoms with E-state index in [0.29, 0.717) is 52.9 Å². The highest BCUT2D eigenvalue weighted by molar-refractivity contribution is 7.22. The molecular weight excluding hydrogens is 474 g/mol. The maximum atomic E-state index is 13.6. The normalized spacial score (nSPS) is 14.3. The van der Waals surface area contributed by atoms with Gasteiger partial charge in [0.1, 0.15) is 10.5 Å². The Kier molecular flexibility index (Phi) is 6.21. The molecule has 0 radical (unpaired) electrons. The first-order valence-corrected chi connectivity index (χ1v) is 12.8. The molecule has 186 valence electrons. The second kappa shape index (κ2) is 9.34. The fourth-order valence-corrected chi connectivity index (χ4v) is 5.08. The van der Waals surface area contributed by atoms with Crippen LogP contribution in [0.4, 0.5) is 10.9 Å². The number of hydrogen-bond donors (Lipinski definition) is 1. The van der Waals surface area contributed by atoms with E-state index in [1.165, 1.54) is 11.3 Å². The summed E-state index contributed by atoms with van der Waals surface area (Å²) in [5.41, 5.74) is 2.22. The summed E-state index contributed by atoms with van der Waals surface area (Å²) in [6, 6.07) is 13.2. The Morgan fingerprint density at radius 2 is 1.72 bits per heavy atom. The van der Waals surface area contributed by atoms with Gasteiger partial charge in [0.2, 0.25) is 0 Å². The van der Waals surface area contributed by atoms with Gasteiger partial charge in [0.05, 0.1) is 5.54 Å². The molecule has 4 aromatic rings. The van der Waals surface area contributed by atoms with Crippen LogP contribution in [-0.2, 0) is 5.54 Å². The molecule has 10 heteroatoms. The van der Waals surface area contributed by atoms with Crippen LogP contribution in [0, 0.1) is 6.92 Å². The van der Waals surface area contributed by atoms with Crippen molar-refractivity contribution in [2.75, 3.05) is 36.4 Å². The zero-order chi connectivity index (χ0) is 25.4. The van der Waals surface area contributed by atoms with E-state index in [9.17, 15) is 9.59 Å². The predicted octanol–water partition coefficient (Wildman–Crippen LogP) is 4.17. The molecule has 0 aliphatic carbocycles. The lowest BCUT2D eigenvalue weighted by molar-refractivity contribution is 0.0740. The molecule has 0 bridgehead atoms. The van der Waals surface area contributed by atoms with Crippen LogP contribution in [0.1, 0.15) is 47.2 Å². The molecule has 0 saturated carbocycles. The third kappa shape index (κ3) is 4.68. The molecule has 1 N–H and O–H groups in total. The van der Waals surface area contributed by atoms with Crippen LogP contribution >= 0.6 is 11.3 Å². The van der Waals surface area contributed by atoms with Crippen LogP contribution < -0.4 is 10.2 Å². The number of aromatic nitrogens is 4. The number of anilines is 2. The van der Waals surface area contributed by atoms with Crippen LogP contribution in [0.3, 0.4) is 0 Å². The molecule has 0 unspecified atom stereocenters. The Morgan fingerprint density at radius 3 is 2.36 bits per heavy atom. The van der Waals surface area contributed by atoms with Gasteiger partial charge in [-0.15, -0.1) is 0 Å². The van der Waals surface area contributed by atoms with Crippen LogP contribution in [0.25, 0.3) is 10.3 Å². The first kappa shape index (κ1) is 23.9. The van der Waals surface area contributed by atoms with Crippen molar-refractivity contribution >= 4 is 44.4 Å². The standard InChI is InChI=1S/C26H29N7O2S/c1-17-8-10-18(11-9-17)23(34)29-25-28-22-21(36-25)20(30-33(22)26(2,3)4)24(35)32-15-13-31(14-16-32)19-7-5-6-12-27-19/h5-12H,13-16H2,1-4H3,(H,28,29,34). The molecule has 5 rings (SSSR count). The fourth-order valence-electron chi connectivity index (χ4n) is 4.17. The van der Waals surface area contributed by atoms with Gasteiger partial charge in [0.25, 0.3) is 11.8 Å². The average Bonchev–Trinajstić information content (AvgIpc) is 3.43. The third-order valence-corrected chi connectivity index (χ3v) is 7.10. The van der Waals surface area contributed by atoms with Crippen molar-refractivity contribution in [3.05, 3.63) is 65.5 Å². The summed E-state index contributed by atoms with van der Waals surface area (Å²) in [6.07, 6.45) is 1.78. The molecule has 2 amide bonds. The summed E-state index contributed by atoms with van der Waals surface area (Å²) in [5.74, 6) is 0.560. The van der Waals surface area contributed by atoms with E-state index >= 15 is 0 Å². The van der Waals surface area contributed by atoms with Crippen molar-refractivity contribution in [2.24, 2.45) is 0 Å². The number of piperazine rings is 1. The van der Waals surface area contributed by atoms with Gasteiger partial charge in [-0.05, 0) is 52.0 Å². The second-order valence-corrected chi connectivity index (χ2v) is 10.9. The lowest BCUT2D eigenvalue weighted by Gasteiger charge is -2.35. The number of pyridine rings is 1. The lowest BCUT2D eigenvalue weighted by Crippen LogP contribution is -2.49. The van der Waals surface area contributed by atoms with E-state index in [-0.39, 0.29) is 17.4 Å². The zero-order valence-electron chi connectivity index (χ0n) is 20.9. The Hall–Kier alpha value is -3.79. The SMILES string of the molecule is Cc1ccc(C(=O)Nc2nc3c(s2)c(C(=O)N2CCN(c4ccccn4)CC2)nn3C(C)(C)C)cc1. The van der Waals surface area contributed by atoms with Crippen molar-refractivity contribution in [1.82, 2.24) is 24.6 Å². The Labute approximate surface area is 213 Å². The highest BCUT2D eigenvalue weighted by Crippen LogP contribution is 2.33. The summed E-state index contributed by atoms with van der Waals surface area (Å²) >= 11 is 1.28. The number of thiazole rings is 1. The Morgan fingerprint density at radius 1 is 1.00 bits per heavy atom. The minimum absolute atomic E-state index is 0.122. The number of amides is 2. The molecule has 1 aliphatic heterocycles. The van der Waals surface area contributed by atoms with Gasteiger partial charge in [-0.1, -0.05) is 35.1 Å². The summed E-state index contributed by atoms with van der Waals surface area (Å²) in [5, 5.41) is 8.03. The van der Waals surface area contributed by atoms with Gasteiger partial charge < -0.3 is 9.80 Å². The van der Waals surface area contributed by atoms with Crippen LogP contribution in [-0.4, -0.2) is 62.6 Å². The van der Waals surface area contributed by atoms with Crippen molar-refractivity contribution in [2.45, 2.75) is 33.2 Å². The molecule has 4 heterocycles. The van der Waals surface area contributed by atoms with Crippen molar-refractivity contribution in [3.63, 3.8) is 0 Å². The number of rotatable bonds is 4. The maximum Gasteiger partial charge on any atom is 0.276 e. The number of carbonyl (C=O) groups is 2. The number of aryl methyl sites for hydroxylation is 1. The van der Waals surface area contributed by atoms with Gasteiger partial charge in [-0.2, -0.15) is 10.1 Å². The highest BCUT2D eigenvalue weighted by atomic mass is 32.1. The predicted molar refractivity (Wildman–Crippen MR) is 142 cm³/mol. The molecule has 36 heavy (non-hydrogen) atoms. The van der Waals surface area contributed by atoms with Crippen LogP contribution in [0.2, 0.25) is 0 Å². The molecule has 0 atom stereocenters. The van der Waals surface area contributed by atoms with Crippen LogP contribution in [0.15, 0.2) is 48.7 Å². The topological polar surface area (TPSA) is 96.2 Å². The summed E-state index contributed by atoms with van der Waals surface area (Å²) in [7, 11) is 0. The second-order valence-electron chi connectivity index (χ2n) is 9.89.